The highest BCUT2D eigenvalue weighted by atomic mass is 16.6. The molecule has 0 amide bonds. The molecule has 4 heteroatoms. The van der Waals surface area contributed by atoms with Crippen LogP contribution in [0.3, 0.4) is 0 Å². The summed E-state index contributed by atoms with van der Waals surface area (Å²) in [6.07, 6.45) is 0.602. The molecule has 0 aliphatic carbocycles. The maximum Gasteiger partial charge on any atom is 0.344 e. The van der Waals surface area contributed by atoms with Gasteiger partial charge in [-0.15, -0.1) is 0 Å². The smallest absolute Gasteiger partial charge is 0.344 e. The highest BCUT2D eigenvalue weighted by Gasteiger charge is 2.06. The minimum Gasteiger partial charge on any atom is -0.482 e. The number of ether oxygens (including phenoxy) is 2. The van der Waals surface area contributed by atoms with Crippen LogP contribution in [0.25, 0.3) is 0 Å². The summed E-state index contributed by atoms with van der Waals surface area (Å²) >= 11 is 0. The molecule has 0 aliphatic rings. The molecule has 0 atom stereocenters. The van der Waals surface area contributed by atoms with Crippen LogP contribution in [0.5, 0.6) is 5.75 Å². The Morgan fingerprint density at radius 3 is 2.44 bits per heavy atom. The third-order valence-electron chi connectivity index (χ3n) is 1.74. The Morgan fingerprint density at radius 1 is 1.31 bits per heavy atom. The fourth-order valence-corrected chi connectivity index (χ4v) is 1.08. The number of carbonyl (C=O) groups excluding carboxylic acids is 2. The second-order valence-electron chi connectivity index (χ2n) is 3.51. The minimum atomic E-state index is -0.408. The van der Waals surface area contributed by atoms with Gasteiger partial charge >= 0.3 is 5.97 Å². The first-order valence-corrected chi connectivity index (χ1v) is 4.99. The maximum absolute atomic E-state index is 11.1. The monoisotopic (exact) mass is 222 g/mol. The molecule has 0 unspecified atom stereocenters. The number of esters is 1. The molecule has 0 aliphatic heterocycles. The van der Waals surface area contributed by atoms with E-state index in [0.717, 1.165) is 6.29 Å². The fraction of sp³-hybridized carbons (Fsp3) is 0.333. The van der Waals surface area contributed by atoms with E-state index in [0.29, 0.717) is 11.3 Å². The first kappa shape index (κ1) is 12.2. The van der Waals surface area contributed by atoms with E-state index in [-0.39, 0.29) is 12.7 Å². The van der Waals surface area contributed by atoms with Crippen molar-refractivity contribution in [3.63, 3.8) is 0 Å². The summed E-state index contributed by atoms with van der Waals surface area (Å²) in [7, 11) is 0. The Kier molecular flexibility index (Phi) is 4.51. The maximum atomic E-state index is 11.1. The fourth-order valence-electron chi connectivity index (χ4n) is 1.08. The van der Waals surface area contributed by atoms with E-state index < -0.39 is 5.97 Å². The van der Waals surface area contributed by atoms with Gasteiger partial charge in [-0.3, -0.25) is 4.79 Å². The Bertz CT molecular complexity index is 354. The molecule has 1 aromatic carbocycles. The highest BCUT2D eigenvalue weighted by molar-refractivity contribution is 5.75. The predicted octanol–water partition coefficient (Wildman–Crippen LogP) is 1.83. The molecule has 0 bridgehead atoms. The first-order valence-electron chi connectivity index (χ1n) is 4.99. The Labute approximate surface area is 94.2 Å². The van der Waals surface area contributed by atoms with Crippen molar-refractivity contribution in [3.8, 4) is 5.75 Å². The predicted molar refractivity (Wildman–Crippen MR) is 58.6 cm³/mol. The highest BCUT2D eigenvalue weighted by Crippen LogP contribution is 2.10. The summed E-state index contributed by atoms with van der Waals surface area (Å²) in [5, 5.41) is 0. The zero-order chi connectivity index (χ0) is 12.0. The van der Waals surface area contributed by atoms with Gasteiger partial charge in [0.15, 0.2) is 6.61 Å². The third kappa shape index (κ3) is 4.13. The lowest BCUT2D eigenvalue weighted by molar-refractivity contribution is -0.149. The number of hydrogen-bond acceptors (Lipinski definition) is 4. The summed E-state index contributed by atoms with van der Waals surface area (Å²) in [6.45, 7) is 3.42. The second kappa shape index (κ2) is 5.90. The van der Waals surface area contributed by atoms with E-state index in [1.165, 1.54) is 0 Å². The van der Waals surface area contributed by atoms with Crippen LogP contribution < -0.4 is 4.74 Å². The number of benzene rings is 1. The normalized spacial score (nSPS) is 9.94. The van der Waals surface area contributed by atoms with E-state index in [4.69, 9.17) is 9.47 Å². The molecule has 0 aromatic heterocycles. The summed E-state index contributed by atoms with van der Waals surface area (Å²) in [5.41, 5.74) is 0.567. The van der Waals surface area contributed by atoms with Gasteiger partial charge in [-0.2, -0.15) is 0 Å². The van der Waals surface area contributed by atoms with Gasteiger partial charge in [-0.05, 0) is 38.1 Å². The lowest BCUT2D eigenvalue weighted by Crippen LogP contribution is -2.18. The topological polar surface area (TPSA) is 52.6 Å². The van der Waals surface area contributed by atoms with Gasteiger partial charge in [0.2, 0.25) is 0 Å². The van der Waals surface area contributed by atoms with Gasteiger partial charge in [0.1, 0.15) is 12.0 Å². The Balaban J connectivity index is 2.42. The van der Waals surface area contributed by atoms with Crippen LogP contribution in [-0.2, 0) is 9.53 Å². The lowest BCUT2D eigenvalue weighted by Gasteiger charge is -2.09. The molecular formula is C12H14O4. The van der Waals surface area contributed by atoms with Gasteiger partial charge in [-0.1, -0.05) is 0 Å². The molecule has 0 heterocycles. The molecule has 0 radical (unpaired) electrons. The van der Waals surface area contributed by atoms with Crippen molar-refractivity contribution in [2.45, 2.75) is 20.0 Å². The molecular weight excluding hydrogens is 208 g/mol. The van der Waals surface area contributed by atoms with Crippen molar-refractivity contribution < 1.29 is 19.1 Å². The Hall–Kier alpha value is -1.84. The molecule has 1 rings (SSSR count). The molecule has 0 spiro atoms. The van der Waals surface area contributed by atoms with E-state index in [1.54, 1.807) is 38.1 Å². The average molecular weight is 222 g/mol. The zero-order valence-electron chi connectivity index (χ0n) is 9.30. The van der Waals surface area contributed by atoms with E-state index in [9.17, 15) is 9.59 Å². The van der Waals surface area contributed by atoms with Crippen LogP contribution >= 0.6 is 0 Å². The van der Waals surface area contributed by atoms with Crippen molar-refractivity contribution in [3.05, 3.63) is 29.8 Å². The van der Waals surface area contributed by atoms with E-state index >= 15 is 0 Å². The van der Waals surface area contributed by atoms with Gasteiger partial charge in [0, 0.05) is 5.56 Å². The van der Waals surface area contributed by atoms with Crippen molar-refractivity contribution in [2.75, 3.05) is 6.61 Å². The molecule has 0 saturated heterocycles. The summed E-state index contributed by atoms with van der Waals surface area (Å²) < 4.78 is 10.1. The number of rotatable bonds is 5. The van der Waals surface area contributed by atoms with Crippen LogP contribution in [0.2, 0.25) is 0 Å². The minimum absolute atomic E-state index is 0.126. The standard InChI is InChI=1S/C12H14O4/c1-9(2)16-12(14)8-15-11-5-3-10(7-13)4-6-11/h3-7,9H,8H2,1-2H3. The van der Waals surface area contributed by atoms with Crippen LogP contribution in [-0.4, -0.2) is 25.0 Å². The number of carbonyl (C=O) groups is 2. The molecule has 0 N–H and O–H groups in total. The van der Waals surface area contributed by atoms with E-state index in [1.807, 2.05) is 0 Å². The molecule has 0 fully saturated rings. The Morgan fingerprint density at radius 2 is 1.94 bits per heavy atom. The van der Waals surface area contributed by atoms with E-state index in [2.05, 4.69) is 0 Å². The summed E-state index contributed by atoms with van der Waals surface area (Å²) in [5.74, 6) is 0.126. The first-order chi connectivity index (χ1) is 7.61. The van der Waals surface area contributed by atoms with Gasteiger partial charge < -0.3 is 9.47 Å². The van der Waals surface area contributed by atoms with Gasteiger partial charge in [-0.25, -0.2) is 4.79 Å². The third-order valence-corrected chi connectivity index (χ3v) is 1.74. The molecule has 4 nitrogen and oxygen atoms in total. The number of aldehydes is 1. The van der Waals surface area contributed by atoms with Gasteiger partial charge in [0.25, 0.3) is 0 Å². The largest absolute Gasteiger partial charge is 0.482 e. The molecule has 16 heavy (non-hydrogen) atoms. The van der Waals surface area contributed by atoms with Crippen LogP contribution in [0, 0.1) is 0 Å². The molecule has 0 saturated carbocycles. The van der Waals surface area contributed by atoms with Crippen molar-refractivity contribution in [1.82, 2.24) is 0 Å². The lowest BCUT2D eigenvalue weighted by atomic mass is 10.2. The zero-order valence-corrected chi connectivity index (χ0v) is 9.30. The van der Waals surface area contributed by atoms with Crippen LogP contribution in [0.4, 0.5) is 0 Å². The molecule has 1 aromatic rings. The van der Waals surface area contributed by atoms with Gasteiger partial charge in [0.05, 0.1) is 6.10 Å². The van der Waals surface area contributed by atoms with Crippen molar-refractivity contribution in [2.24, 2.45) is 0 Å². The summed E-state index contributed by atoms with van der Waals surface area (Å²) in [4.78, 5) is 21.5. The SMILES string of the molecule is CC(C)OC(=O)COc1ccc(C=O)cc1. The van der Waals surface area contributed by atoms with Crippen molar-refractivity contribution in [1.29, 1.82) is 0 Å². The molecule has 86 valence electrons. The number of hydrogen-bond donors (Lipinski definition) is 0. The summed E-state index contributed by atoms with van der Waals surface area (Å²) in [6, 6.07) is 6.50. The van der Waals surface area contributed by atoms with Crippen LogP contribution in [0.1, 0.15) is 24.2 Å². The van der Waals surface area contributed by atoms with Crippen molar-refractivity contribution >= 4 is 12.3 Å². The average Bonchev–Trinajstić information content (AvgIpc) is 2.26. The second-order valence-corrected chi connectivity index (χ2v) is 3.51. The quantitative estimate of drug-likeness (QED) is 0.563. The van der Waals surface area contributed by atoms with Crippen LogP contribution in [0.15, 0.2) is 24.3 Å².